The van der Waals surface area contributed by atoms with Gasteiger partial charge in [0.05, 0.1) is 96.0 Å². The third-order valence-electron chi connectivity index (χ3n) is 19.4. The van der Waals surface area contributed by atoms with Gasteiger partial charge in [0.2, 0.25) is 29.6 Å². The molecule has 2 saturated heterocycles. The van der Waals surface area contributed by atoms with E-state index in [1.54, 1.807) is 76.0 Å². The molecule has 7 N–H and O–H groups in total. The van der Waals surface area contributed by atoms with Crippen LogP contribution in [0.1, 0.15) is 114 Å². The molecule has 0 atom stereocenters. The maximum absolute atomic E-state index is 14.8. The Morgan fingerprint density at radius 3 is 1.29 bits per heavy atom. The number of anilines is 3. The molecular weight excluding hydrogens is 1380 g/mol. The fraction of sp³-hybridized carbons (Fsp3) is 0.362. The quantitative estimate of drug-likeness (QED) is 0.0330. The number of aromatic nitrogens is 19. The molecule has 0 unspecified atom stereocenters. The number of hydrogen-bond acceptors (Lipinski definition) is 24. The van der Waals surface area contributed by atoms with Crippen molar-refractivity contribution in [3.8, 4) is 68.5 Å². The van der Waals surface area contributed by atoms with Crippen LogP contribution in [0.4, 0.5) is 34.6 Å². The highest BCUT2D eigenvalue weighted by atomic mass is 19.1. The van der Waals surface area contributed by atoms with Crippen LogP contribution in [0.2, 0.25) is 0 Å². The minimum Gasteiger partial charge on any atom is -0.444 e. The van der Waals surface area contributed by atoms with Crippen LogP contribution in [0.15, 0.2) is 131 Å². The molecule has 106 heavy (non-hydrogen) atoms. The third-order valence-corrected chi connectivity index (χ3v) is 19.4. The number of aliphatic hydroxyl groups excluding tert-OH is 1. The molecular formula is C69H71F4N25O8. The van der Waals surface area contributed by atoms with Crippen molar-refractivity contribution >= 4 is 34.8 Å². The summed E-state index contributed by atoms with van der Waals surface area (Å²) in [5.41, 5.74) is 3.43. The first-order valence-electron chi connectivity index (χ1n) is 34.6. The molecule has 0 bridgehead atoms. The Kier molecular flexibility index (Phi) is 20.6. The lowest BCUT2D eigenvalue weighted by atomic mass is 9.90. The number of rotatable bonds is 17. The van der Waals surface area contributed by atoms with Crippen LogP contribution < -0.4 is 16.0 Å². The van der Waals surface area contributed by atoms with E-state index >= 15 is 0 Å². The van der Waals surface area contributed by atoms with Crippen molar-refractivity contribution in [2.75, 3.05) is 75.5 Å². The summed E-state index contributed by atoms with van der Waals surface area (Å²) in [7, 11) is 2.15. The van der Waals surface area contributed by atoms with Gasteiger partial charge in [-0.1, -0.05) is 0 Å². The summed E-state index contributed by atoms with van der Waals surface area (Å²) >= 11 is 0. The van der Waals surface area contributed by atoms with Gasteiger partial charge in [-0.2, -0.15) is 39.4 Å². The first-order chi connectivity index (χ1) is 51.7. The van der Waals surface area contributed by atoms with Gasteiger partial charge in [0.25, 0.3) is 17.7 Å². The van der Waals surface area contributed by atoms with Gasteiger partial charge in [-0.25, -0.2) is 33.7 Å². The number of piperazine rings is 1. The maximum Gasteiger partial charge on any atom is 0.277 e. The highest BCUT2D eigenvalue weighted by Gasteiger charge is 2.35. The molecule has 17 rings (SSSR count). The number of carbonyl (C=O) groups excluding carboxylic acids is 3. The van der Waals surface area contributed by atoms with Gasteiger partial charge in [0.1, 0.15) is 53.0 Å². The maximum atomic E-state index is 14.8. The molecule has 3 aliphatic carbocycles. The van der Waals surface area contributed by atoms with E-state index in [1.807, 2.05) is 0 Å². The summed E-state index contributed by atoms with van der Waals surface area (Å²) in [6.45, 7) is 7.68. The van der Waals surface area contributed by atoms with Crippen molar-refractivity contribution in [2.45, 2.75) is 101 Å². The highest BCUT2D eigenvalue weighted by Crippen LogP contribution is 2.39. The van der Waals surface area contributed by atoms with Gasteiger partial charge >= 0.3 is 0 Å². The minimum atomic E-state index is -0.847. The summed E-state index contributed by atoms with van der Waals surface area (Å²) in [6.07, 6.45) is 31.3. The average Bonchev–Trinajstić information content (AvgIpc) is 1.65. The number of likely N-dealkylation sites (N-methyl/N-ethyl adjacent to an activating group) is 1. The molecule has 2 aliphatic heterocycles. The second kappa shape index (κ2) is 31.3. The highest BCUT2D eigenvalue weighted by molar-refractivity contribution is 6.06. The molecule has 12 aromatic rings. The lowest BCUT2D eigenvalue weighted by Crippen LogP contribution is -2.49. The molecule has 3 saturated carbocycles. The molecule has 33 nitrogen and oxygen atoms in total. The van der Waals surface area contributed by atoms with Crippen molar-refractivity contribution < 1.29 is 55.0 Å². The molecule has 37 heteroatoms. The number of aromatic amines is 3. The largest absolute Gasteiger partial charge is 0.444 e. The Bertz CT molecular complexity index is 4940. The van der Waals surface area contributed by atoms with Crippen LogP contribution in [0.3, 0.4) is 0 Å². The van der Waals surface area contributed by atoms with Crippen LogP contribution in [0.25, 0.3) is 68.5 Å². The Hall–Kier alpha value is -11.8. The third kappa shape index (κ3) is 15.8. The lowest BCUT2D eigenvalue weighted by molar-refractivity contribution is 0.00507. The minimum absolute atomic E-state index is 0.0126. The van der Waals surface area contributed by atoms with Crippen LogP contribution in [-0.4, -0.2) is 210 Å². The molecule has 5 aliphatic rings. The number of morpholine rings is 1. The molecule has 0 spiro atoms. The van der Waals surface area contributed by atoms with E-state index in [9.17, 15) is 37.1 Å². The van der Waals surface area contributed by atoms with Gasteiger partial charge in [0.15, 0.2) is 28.7 Å². The zero-order valence-corrected chi connectivity index (χ0v) is 57.0. The van der Waals surface area contributed by atoms with Crippen LogP contribution in [-0.2, 0) is 4.74 Å². The van der Waals surface area contributed by atoms with Crippen LogP contribution in [0.5, 0.6) is 0 Å². The van der Waals surface area contributed by atoms with Crippen molar-refractivity contribution in [1.29, 1.82) is 0 Å². The van der Waals surface area contributed by atoms with Crippen LogP contribution >= 0.6 is 0 Å². The summed E-state index contributed by atoms with van der Waals surface area (Å²) in [6, 6.07) is 5.08. The Morgan fingerprint density at radius 1 is 0.481 bits per heavy atom. The molecule has 0 aromatic carbocycles. The molecule has 3 amide bonds. The topological polar surface area (TPSA) is 396 Å². The second-order valence-electron chi connectivity index (χ2n) is 26.3. The van der Waals surface area contributed by atoms with Crippen molar-refractivity contribution in [3.63, 3.8) is 0 Å². The fourth-order valence-corrected chi connectivity index (χ4v) is 13.6. The second-order valence-corrected chi connectivity index (χ2v) is 26.3. The van der Waals surface area contributed by atoms with Crippen molar-refractivity contribution in [1.82, 2.24) is 110 Å². The smallest absolute Gasteiger partial charge is 0.277 e. The van der Waals surface area contributed by atoms with Gasteiger partial charge in [-0.05, 0) is 95.5 Å². The standard InChI is InChI=1S/C26H29F2N9O2.C25H26F2N8O3.C18H16N8O3/c1-35-8-10-36(11-9-35)17-2-4-18(5-3-17)37-14-20(24(34-37)23-19(27)6-7-22(28)33-23)31-25(38)21-15-39-26(32-21)16-12-29-30-13-16;26-18-5-6-21(27)32-22(18)23-19(30-24(36)20-14-38-25(31-20)15-11-28-29-12-15)13-35(33-23)17-3-1-16(2-4-17)34-7-9-37-10-8-34;27-12-3-11(4-12)26-8-14(16(25-26)13-7-19-1-2-20-13)23-17(28)15-9-29-18(24-15)10-5-21-22-6-10/h6-7,12-15,17-18H,2-5,8-11H2,1H3,(H,29,30)(H,31,38);5-6,11-14,16-17H,1-4,7-10H2,(H,28,29)(H,30,36);1-2,5-9,11-12,27H,3-4H2,(H,21,22)(H,23,28). The number of nitrogens with one attached hydrogen (secondary N) is 6. The zero-order valence-electron chi connectivity index (χ0n) is 57.0. The lowest BCUT2D eigenvalue weighted by Gasteiger charge is -2.41. The summed E-state index contributed by atoms with van der Waals surface area (Å²) in [5.74, 6) is -4.05. The predicted octanol–water partition coefficient (Wildman–Crippen LogP) is 8.92. The Labute approximate surface area is 599 Å². The van der Waals surface area contributed by atoms with Crippen molar-refractivity contribution in [3.05, 3.63) is 158 Å². The number of oxazole rings is 3. The first kappa shape index (κ1) is 69.9. The number of hydrogen-bond donors (Lipinski definition) is 7. The predicted molar refractivity (Wildman–Crippen MR) is 368 cm³/mol. The fourth-order valence-electron chi connectivity index (χ4n) is 13.6. The molecule has 14 heterocycles. The zero-order chi connectivity index (χ0) is 72.8. The van der Waals surface area contributed by atoms with E-state index < -0.39 is 41.3 Å². The number of halogens is 4. The van der Waals surface area contributed by atoms with Gasteiger partial charge in [-0.3, -0.25) is 63.5 Å². The number of carbonyl (C=O) groups is 3. The summed E-state index contributed by atoms with van der Waals surface area (Å²) in [4.78, 5) is 74.6. The molecule has 548 valence electrons. The molecule has 12 aromatic heterocycles. The molecule has 5 fully saturated rings. The average molecular weight is 1450 g/mol. The van der Waals surface area contributed by atoms with Crippen molar-refractivity contribution in [2.24, 2.45) is 0 Å². The monoisotopic (exact) mass is 1450 g/mol. The van der Waals surface area contributed by atoms with Gasteiger partial charge < -0.3 is 43.9 Å². The van der Waals surface area contributed by atoms with Crippen LogP contribution in [0, 0.1) is 23.5 Å². The van der Waals surface area contributed by atoms with E-state index in [2.05, 4.69) is 118 Å². The number of ether oxygens (including phenoxy) is 1. The first-order valence-corrected chi connectivity index (χ1v) is 34.6. The Balaban J connectivity index is 0.000000129. The number of H-pyrrole nitrogens is 3. The van der Waals surface area contributed by atoms with Gasteiger partial charge in [-0.15, -0.1) is 0 Å². The van der Waals surface area contributed by atoms with Gasteiger partial charge in [0, 0.05) is 101 Å². The van der Waals surface area contributed by atoms with E-state index in [0.29, 0.717) is 58.7 Å². The van der Waals surface area contributed by atoms with E-state index in [4.69, 9.17) is 18.0 Å². The number of nitrogens with zero attached hydrogens (tertiary/aromatic N) is 19. The number of amides is 3. The summed E-state index contributed by atoms with van der Waals surface area (Å²) in [5, 5.41) is 51.1. The van der Waals surface area contributed by atoms with E-state index in [1.165, 1.54) is 31.2 Å². The molecule has 0 radical (unpaired) electrons. The Morgan fingerprint density at radius 2 is 0.887 bits per heavy atom. The number of aliphatic hydroxyl groups is 1. The number of pyridine rings is 2. The SMILES string of the molecule is CN1CCN(C2CCC(n3cc(NC(=O)c4coc(-c5cn[nH]c5)n4)c(-c4nc(F)ccc4F)n3)CC2)CC1.O=C(Nc1cn(C2CC(O)C2)nc1-c1cnccn1)c1coc(-c2cn[nH]c2)n1.O=C(Nc1cn(C2CCC(N3CCOCC3)CC2)nc1-c1nc(F)ccc1F)c1coc(-c2cn[nH]c2)n1. The van der Waals surface area contributed by atoms with E-state index in [-0.39, 0.29) is 93.1 Å². The summed E-state index contributed by atoms with van der Waals surface area (Å²) < 4.78 is 84.3. The van der Waals surface area contributed by atoms with E-state index in [0.717, 1.165) is 128 Å². The normalized spacial score (nSPS) is 20.0.